The number of rotatable bonds is 2. The number of hydrogen-bond donors (Lipinski definition) is 1. The number of carbonyl (C=O) groups excluding carboxylic acids is 1. The van der Waals surface area contributed by atoms with E-state index in [0.717, 1.165) is 36.8 Å². The van der Waals surface area contributed by atoms with Crippen LogP contribution in [0.25, 0.3) is 0 Å². The number of aryl methyl sites for hydroxylation is 1. The van der Waals surface area contributed by atoms with Gasteiger partial charge in [-0.2, -0.15) is 0 Å². The van der Waals surface area contributed by atoms with Crippen molar-refractivity contribution >= 4 is 22.6 Å². The van der Waals surface area contributed by atoms with E-state index in [1.807, 2.05) is 33.1 Å². The summed E-state index contributed by atoms with van der Waals surface area (Å²) in [6.07, 6.45) is 1.65. The van der Waals surface area contributed by atoms with Gasteiger partial charge in [0.25, 0.3) is 0 Å². The molecule has 1 fully saturated rings. The number of ether oxygens (including phenoxy) is 1. The van der Waals surface area contributed by atoms with Crippen LogP contribution in [-0.4, -0.2) is 40.7 Å². The molecular formula is C14H23N3O2S. The Morgan fingerprint density at radius 2 is 2.10 bits per heavy atom. The molecule has 0 aromatic carbocycles. The summed E-state index contributed by atoms with van der Waals surface area (Å²) in [7, 11) is 0. The average molecular weight is 297 g/mol. The maximum atomic E-state index is 12.0. The monoisotopic (exact) mass is 297 g/mol. The van der Waals surface area contributed by atoms with Crippen LogP contribution in [0.15, 0.2) is 5.38 Å². The topological polar surface area (TPSA) is 54.5 Å². The predicted octanol–water partition coefficient (Wildman–Crippen LogP) is 3.26. The van der Waals surface area contributed by atoms with Gasteiger partial charge < -0.3 is 15.0 Å². The summed E-state index contributed by atoms with van der Waals surface area (Å²) in [5, 5.41) is 6.45. The van der Waals surface area contributed by atoms with E-state index in [1.165, 1.54) is 0 Å². The highest BCUT2D eigenvalue weighted by Crippen LogP contribution is 2.21. The molecule has 0 spiro atoms. The smallest absolute Gasteiger partial charge is 0.410 e. The van der Waals surface area contributed by atoms with Crippen LogP contribution in [-0.2, 0) is 4.74 Å². The van der Waals surface area contributed by atoms with E-state index in [9.17, 15) is 4.79 Å². The number of anilines is 1. The minimum Gasteiger partial charge on any atom is -0.444 e. The third-order valence-corrected chi connectivity index (χ3v) is 3.98. The minimum absolute atomic E-state index is 0.207. The Balaban J connectivity index is 1.79. The van der Waals surface area contributed by atoms with Crippen molar-refractivity contribution in [3.05, 3.63) is 11.1 Å². The number of thiazole rings is 1. The zero-order chi connectivity index (χ0) is 14.8. The van der Waals surface area contributed by atoms with Gasteiger partial charge in [0.2, 0.25) is 0 Å². The fraction of sp³-hybridized carbons (Fsp3) is 0.714. The number of hydrogen-bond acceptors (Lipinski definition) is 5. The molecule has 1 amide bonds. The molecule has 6 heteroatoms. The Hall–Kier alpha value is -1.30. The van der Waals surface area contributed by atoms with Crippen molar-refractivity contribution in [3.8, 4) is 0 Å². The van der Waals surface area contributed by atoms with Gasteiger partial charge in [-0.1, -0.05) is 0 Å². The van der Waals surface area contributed by atoms with Crippen LogP contribution in [0, 0.1) is 6.92 Å². The Bertz CT molecular complexity index is 459. The molecule has 20 heavy (non-hydrogen) atoms. The molecule has 0 bridgehead atoms. The molecule has 1 aromatic heterocycles. The molecule has 0 aliphatic carbocycles. The number of nitrogens with zero attached hydrogens (tertiary/aromatic N) is 2. The highest BCUT2D eigenvalue weighted by atomic mass is 32.1. The fourth-order valence-corrected chi connectivity index (χ4v) is 2.89. The van der Waals surface area contributed by atoms with Crippen molar-refractivity contribution in [2.45, 2.75) is 52.2 Å². The Morgan fingerprint density at radius 3 is 2.60 bits per heavy atom. The molecule has 1 saturated heterocycles. The van der Waals surface area contributed by atoms with Crippen molar-refractivity contribution in [1.29, 1.82) is 0 Å². The normalized spacial score (nSPS) is 17.1. The highest BCUT2D eigenvalue weighted by molar-refractivity contribution is 7.13. The molecule has 0 unspecified atom stereocenters. The molecule has 2 heterocycles. The van der Waals surface area contributed by atoms with Crippen LogP contribution in [0.5, 0.6) is 0 Å². The molecule has 0 radical (unpaired) electrons. The van der Waals surface area contributed by atoms with Crippen molar-refractivity contribution in [2.24, 2.45) is 0 Å². The van der Waals surface area contributed by atoms with Crippen LogP contribution >= 0.6 is 11.3 Å². The second-order valence-electron chi connectivity index (χ2n) is 6.18. The molecule has 5 nitrogen and oxygen atoms in total. The first kappa shape index (κ1) is 15.1. The van der Waals surface area contributed by atoms with E-state index < -0.39 is 5.60 Å². The Kier molecular flexibility index (Phi) is 4.52. The largest absolute Gasteiger partial charge is 0.444 e. The van der Waals surface area contributed by atoms with E-state index in [1.54, 1.807) is 16.2 Å². The summed E-state index contributed by atoms with van der Waals surface area (Å²) >= 11 is 1.63. The summed E-state index contributed by atoms with van der Waals surface area (Å²) in [5.74, 6) is 0. The molecule has 0 atom stereocenters. The molecule has 1 aliphatic heterocycles. The summed E-state index contributed by atoms with van der Waals surface area (Å²) in [6, 6.07) is 0.388. The highest BCUT2D eigenvalue weighted by Gasteiger charge is 2.26. The first-order chi connectivity index (χ1) is 9.33. The summed E-state index contributed by atoms with van der Waals surface area (Å²) in [4.78, 5) is 18.2. The standard InChI is InChI=1S/C14H23N3O2S/c1-10-9-20-12(15-10)16-11-5-7-17(8-6-11)13(18)19-14(2,3)4/h9,11H,5-8H2,1-4H3,(H,15,16). The van der Waals surface area contributed by atoms with E-state index in [4.69, 9.17) is 4.74 Å². The molecule has 1 aromatic rings. The zero-order valence-electron chi connectivity index (χ0n) is 12.6. The van der Waals surface area contributed by atoms with Crippen molar-refractivity contribution < 1.29 is 9.53 Å². The first-order valence-corrected chi connectivity index (χ1v) is 7.88. The first-order valence-electron chi connectivity index (χ1n) is 7.00. The zero-order valence-corrected chi connectivity index (χ0v) is 13.4. The second kappa shape index (κ2) is 5.99. The summed E-state index contributed by atoms with van der Waals surface area (Å²) in [5.41, 5.74) is 0.619. The third-order valence-electron chi connectivity index (χ3n) is 3.09. The quantitative estimate of drug-likeness (QED) is 0.910. The second-order valence-corrected chi connectivity index (χ2v) is 7.04. The van der Waals surface area contributed by atoms with Gasteiger partial charge in [-0.05, 0) is 40.5 Å². The number of amides is 1. The van der Waals surface area contributed by atoms with Crippen LogP contribution in [0.3, 0.4) is 0 Å². The van der Waals surface area contributed by atoms with Crippen molar-refractivity contribution in [2.75, 3.05) is 18.4 Å². The van der Waals surface area contributed by atoms with Gasteiger partial charge in [-0.15, -0.1) is 11.3 Å². The Labute approximate surface area is 124 Å². The van der Waals surface area contributed by atoms with Crippen LogP contribution < -0.4 is 5.32 Å². The summed E-state index contributed by atoms with van der Waals surface area (Å²) < 4.78 is 5.39. The van der Waals surface area contributed by atoms with Gasteiger partial charge in [0.1, 0.15) is 5.60 Å². The number of aromatic nitrogens is 1. The van der Waals surface area contributed by atoms with Crippen molar-refractivity contribution in [3.63, 3.8) is 0 Å². The molecule has 2 rings (SSSR count). The van der Waals surface area contributed by atoms with Crippen LogP contribution in [0.2, 0.25) is 0 Å². The van der Waals surface area contributed by atoms with Crippen molar-refractivity contribution in [1.82, 2.24) is 9.88 Å². The van der Waals surface area contributed by atoms with Gasteiger partial charge in [-0.3, -0.25) is 0 Å². The van der Waals surface area contributed by atoms with E-state index >= 15 is 0 Å². The maximum absolute atomic E-state index is 12.0. The predicted molar refractivity (Wildman–Crippen MR) is 81.3 cm³/mol. The number of likely N-dealkylation sites (tertiary alicyclic amines) is 1. The lowest BCUT2D eigenvalue weighted by Gasteiger charge is -2.33. The van der Waals surface area contributed by atoms with E-state index in [0.29, 0.717) is 6.04 Å². The fourth-order valence-electron chi connectivity index (χ4n) is 2.13. The van der Waals surface area contributed by atoms with Gasteiger partial charge in [0.15, 0.2) is 5.13 Å². The SMILES string of the molecule is Cc1csc(NC2CCN(C(=O)OC(C)(C)C)CC2)n1. The lowest BCUT2D eigenvalue weighted by molar-refractivity contribution is 0.0210. The molecular weight excluding hydrogens is 274 g/mol. The lowest BCUT2D eigenvalue weighted by atomic mass is 10.1. The minimum atomic E-state index is -0.426. The maximum Gasteiger partial charge on any atom is 0.410 e. The molecule has 0 saturated carbocycles. The molecule has 1 N–H and O–H groups in total. The lowest BCUT2D eigenvalue weighted by Crippen LogP contribution is -2.44. The molecule has 1 aliphatic rings. The van der Waals surface area contributed by atoms with E-state index in [-0.39, 0.29) is 6.09 Å². The van der Waals surface area contributed by atoms with Gasteiger partial charge in [-0.25, -0.2) is 9.78 Å². The summed E-state index contributed by atoms with van der Waals surface area (Å²) in [6.45, 7) is 9.14. The van der Waals surface area contributed by atoms with Crippen LogP contribution in [0.1, 0.15) is 39.3 Å². The van der Waals surface area contributed by atoms with Gasteiger partial charge in [0, 0.05) is 24.5 Å². The Morgan fingerprint density at radius 1 is 1.45 bits per heavy atom. The van der Waals surface area contributed by atoms with Gasteiger partial charge in [0.05, 0.1) is 5.69 Å². The third kappa shape index (κ3) is 4.37. The van der Waals surface area contributed by atoms with E-state index in [2.05, 4.69) is 10.3 Å². The number of carbonyl (C=O) groups is 1. The van der Waals surface area contributed by atoms with Crippen LogP contribution in [0.4, 0.5) is 9.93 Å². The number of piperidine rings is 1. The molecule has 112 valence electrons. The number of nitrogens with one attached hydrogen (secondary N) is 1. The average Bonchev–Trinajstić information content (AvgIpc) is 2.73. The van der Waals surface area contributed by atoms with Gasteiger partial charge >= 0.3 is 6.09 Å².